The molecule has 0 spiro atoms. The number of nitrogens with zero attached hydrogens (tertiary/aromatic N) is 1. The second-order valence-corrected chi connectivity index (χ2v) is 7.37. The first-order chi connectivity index (χ1) is 12.5. The Hall–Kier alpha value is -2.21. The molecule has 140 valence electrons. The van der Waals surface area contributed by atoms with Gasteiger partial charge in [0.15, 0.2) is 0 Å². The van der Waals surface area contributed by atoms with Crippen molar-refractivity contribution in [2.75, 3.05) is 6.54 Å². The summed E-state index contributed by atoms with van der Waals surface area (Å²) in [6, 6.07) is 4.54. The number of hydrogen-bond donors (Lipinski definition) is 2. The van der Waals surface area contributed by atoms with Gasteiger partial charge < -0.3 is 10.2 Å². The van der Waals surface area contributed by atoms with Gasteiger partial charge in [-0.3, -0.25) is 19.7 Å². The van der Waals surface area contributed by atoms with Crippen LogP contribution >= 0.6 is 0 Å². The van der Waals surface area contributed by atoms with Crippen LogP contribution in [0.2, 0.25) is 0 Å². The van der Waals surface area contributed by atoms with Gasteiger partial charge in [-0.25, -0.2) is 0 Å². The molecule has 0 saturated carbocycles. The molecular weight excluding hydrogens is 330 g/mol. The molecule has 1 saturated heterocycles. The molecule has 2 unspecified atom stereocenters. The number of hydrogen-bond acceptors (Lipinski definition) is 4. The summed E-state index contributed by atoms with van der Waals surface area (Å²) >= 11 is 0. The number of carbonyl (C=O) groups excluding carboxylic acids is 3. The van der Waals surface area contributed by atoms with Crippen LogP contribution in [0.3, 0.4) is 0 Å². The van der Waals surface area contributed by atoms with Crippen molar-refractivity contribution in [3.05, 3.63) is 34.4 Å². The van der Waals surface area contributed by atoms with E-state index in [2.05, 4.69) is 23.6 Å². The van der Waals surface area contributed by atoms with Gasteiger partial charge in [0, 0.05) is 30.6 Å². The summed E-state index contributed by atoms with van der Waals surface area (Å²) in [5.41, 5.74) is 4.32. The quantitative estimate of drug-likeness (QED) is 0.765. The highest BCUT2D eigenvalue weighted by atomic mass is 16.2. The first-order valence-electron chi connectivity index (χ1n) is 9.42. The van der Waals surface area contributed by atoms with E-state index in [9.17, 15) is 14.4 Å². The van der Waals surface area contributed by atoms with Crippen molar-refractivity contribution in [3.63, 3.8) is 0 Å². The van der Waals surface area contributed by atoms with Crippen LogP contribution in [0, 0.1) is 6.92 Å². The largest absolute Gasteiger partial charge is 0.332 e. The van der Waals surface area contributed by atoms with Crippen LogP contribution in [0.15, 0.2) is 12.1 Å². The van der Waals surface area contributed by atoms with E-state index in [4.69, 9.17) is 0 Å². The lowest BCUT2D eigenvalue weighted by atomic mass is 9.91. The summed E-state index contributed by atoms with van der Waals surface area (Å²) in [5, 5.41) is 5.73. The van der Waals surface area contributed by atoms with Crippen molar-refractivity contribution < 1.29 is 14.4 Å². The number of nitrogens with one attached hydrogen (secondary N) is 2. The summed E-state index contributed by atoms with van der Waals surface area (Å²) < 4.78 is 0. The molecule has 2 aliphatic rings. The minimum absolute atomic E-state index is 0.0366. The molecule has 0 bridgehead atoms. The molecule has 0 aromatic heterocycles. The lowest BCUT2D eigenvalue weighted by Crippen LogP contribution is -2.34. The van der Waals surface area contributed by atoms with E-state index in [-0.39, 0.29) is 24.3 Å². The molecule has 0 radical (unpaired) electrons. The zero-order chi connectivity index (χ0) is 18.7. The molecule has 2 N–H and O–H groups in total. The second kappa shape index (κ2) is 7.99. The third-order valence-corrected chi connectivity index (χ3v) is 5.55. The topological polar surface area (TPSA) is 78.5 Å². The Bertz CT molecular complexity index is 710. The van der Waals surface area contributed by atoms with E-state index >= 15 is 0 Å². The predicted molar refractivity (Wildman–Crippen MR) is 98.5 cm³/mol. The van der Waals surface area contributed by atoms with Crippen LogP contribution in [0.25, 0.3) is 0 Å². The Morgan fingerprint density at radius 3 is 2.92 bits per heavy atom. The van der Waals surface area contributed by atoms with Crippen molar-refractivity contribution >= 4 is 18.2 Å². The average Bonchev–Trinajstić information content (AvgIpc) is 2.96. The highest BCUT2D eigenvalue weighted by Crippen LogP contribution is 2.33. The summed E-state index contributed by atoms with van der Waals surface area (Å²) in [4.78, 5) is 36.4. The van der Waals surface area contributed by atoms with Crippen LogP contribution in [-0.2, 0) is 16.1 Å². The van der Waals surface area contributed by atoms with Gasteiger partial charge in [-0.15, -0.1) is 0 Å². The van der Waals surface area contributed by atoms with Crippen LogP contribution < -0.4 is 10.6 Å². The molecule has 6 heteroatoms. The Kier molecular flexibility index (Phi) is 5.71. The number of fused-ring (bicyclic) bond motifs is 1. The van der Waals surface area contributed by atoms with Crippen LogP contribution in [0.1, 0.15) is 72.1 Å². The SMILES string of the molecule is Cc1cc2c(cc1C1CCCCN1)CN(C(C)CCC(=O)NC=O)C2=O. The lowest BCUT2D eigenvalue weighted by Gasteiger charge is -2.25. The average molecular weight is 357 g/mol. The van der Waals surface area contributed by atoms with Gasteiger partial charge in [0.05, 0.1) is 0 Å². The van der Waals surface area contributed by atoms with E-state index in [0.29, 0.717) is 25.4 Å². The number of benzene rings is 1. The second-order valence-electron chi connectivity index (χ2n) is 7.37. The number of amides is 3. The van der Waals surface area contributed by atoms with Gasteiger partial charge >= 0.3 is 0 Å². The predicted octanol–water partition coefficient (Wildman–Crippen LogP) is 2.21. The maximum Gasteiger partial charge on any atom is 0.254 e. The molecule has 2 aliphatic heterocycles. The maximum atomic E-state index is 12.8. The Balaban J connectivity index is 1.71. The molecule has 3 rings (SSSR count). The first-order valence-corrected chi connectivity index (χ1v) is 9.42. The fourth-order valence-corrected chi connectivity index (χ4v) is 3.99. The van der Waals surface area contributed by atoms with Crippen molar-refractivity contribution in [1.29, 1.82) is 0 Å². The number of piperidine rings is 1. The monoisotopic (exact) mass is 357 g/mol. The molecule has 1 fully saturated rings. The van der Waals surface area contributed by atoms with Crippen molar-refractivity contribution in [3.8, 4) is 0 Å². The van der Waals surface area contributed by atoms with Crippen molar-refractivity contribution in [2.45, 2.75) is 64.6 Å². The normalized spacial score (nSPS) is 20.6. The Morgan fingerprint density at radius 1 is 1.42 bits per heavy atom. The molecule has 26 heavy (non-hydrogen) atoms. The van der Waals surface area contributed by atoms with Gasteiger partial charge in [-0.05, 0) is 62.4 Å². The molecule has 2 heterocycles. The smallest absolute Gasteiger partial charge is 0.254 e. The van der Waals surface area contributed by atoms with Gasteiger partial charge in [-0.2, -0.15) is 0 Å². The Labute approximate surface area is 154 Å². The minimum Gasteiger partial charge on any atom is -0.332 e. The third kappa shape index (κ3) is 3.80. The fraction of sp³-hybridized carbons (Fsp3) is 0.550. The minimum atomic E-state index is -0.308. The van der Waals surface area contributed by atoms with E-state index in [1.54, 1.807) is 0 Å². The lowest BCUT2D eigenvalue weighted by molar-refractivity contribution is -0.125. The summed E-state index contributed by atoms with van der Waals surface area (Å²) in [6.07, 6.45) is 4.76. The van der Waals surface area contributed by atoms with Gasteiger partial charge in [-0.1, -0.05) is 12.5 Å². The molecule has 1 aromatic carbocycles. The number of imide groups is 1. The number of aryl methyl sites for hydroxylation is 1. The van der Waals surface area contributed by atoms with E-state index < -0.39 is 0 Å². The molecule has 2 atom stereocenters. The molecular formula is C20H27N3O3. The zero-order valence-corrected chi connectivity index (χ0v) is 15.5. The standard InChI is InChI=1S/C20H27N3O3/c1-13-9-17-15(10-16(13)18-5-3-4-8-21-18)11-23(20(17)26)14(2)6-7-19(25)22-12-24/h9-10,12,14,18,21H,3-8,11H2,1-2H3,(H,22,24,25). The fourth-order valence-electron chi connectivity index (χ4n) is 3.99. The summed E-state index contributed by atoms with van der Waals surface area (Å²) in [5.74, 6) is -0.271. The van der Waals surface area contributed by atoms with E-state index in [0.717, 1.165) is 29.7 Å². The highest BCUT2D eigenvalue weighted by Gasteiger charge is 2.32. The van der Waals surface area contributed by atoms with Gasteiger partial charge in [0.25, 0.3) is 5.91 Å². The number of carbonyl (C=O) groups is 3. The van der Waals surface area contributed by atoms with Crippen LogP contribution in [0.5, 0.6) is 0 Å². The van der Waals surface area contributed by atoms with Crippen molar-refractivity contribution in [1.82, 2.24) is 15.5 Å². The third-order valence-electron chi connectivity index (χ3n) is 5.55. The highest BCUT2D eigenvalue weighted by molar-refractivity contribution is 5.99. The summed E-state index contributed by atoms with van der Waals surface area (Å²) in [7, 11) is 0. The molecule has 3 amide bonds. The Morgan fingerprint density at radius 2 is 2.23 bits per heavy atom. The molecule has 0 aliphatic carbocycles. The van der Waals surface area contributed by atoms with Crippen molar-refractivity contribution in [2.24, 2.45) is 0 Å². The maximum absolute atomic E-state index is 12.8. The van der Waals surface area contributed by atoms with Crippen LogP contribution in [0.4, 0.5) is 0 Å². The van der Waals surface area contributed by atoms with E-state index in [1.165, 1.54) is 18.4 Å². The van der Waals surface area contributed by atoms with Gasteiger partial charge in [0.2, 0.25) is 12.3 Å². The zero-order valence-electron chi connectivity index (χ0n) is 15.5. The first kappa shape index (κ1) is 18.6. The van der Waals surface area contributed by atoms with Gasteiger partial charge in [0.1, 0.15) is 0 Å². The van der Waals surface area contributed by atoms with E-state index in [1.807, 2.05) is 17.9 Å². The van der Waals surface area contributed by atoms with Crippen LogP contribution in [-0.4, -0.2) is 35.7 Å². The summed E-state index contributed by atoms with van der Waals surface area (Å²) in [6.45, 7) is 5.67. The molecule has 6 nitrogen and oxygen atoms in total. The number of rotatable bonds is 6. The molecule has 1 aromatic rings.